The van der Waals surface area contributed by atoms with Gasteiger partial charge in [0.05, 0.1) is 0 Å². The lowest BCUT2D eigenvalue weighted by Crippen LogP contribution is -2.44. The van der Waals surface area contributed by atoms with Crippen LogP contribution in [0.4, 0.5) is 11.5 Å². The third-order valence-electron chi connectivity index (χ3n) is 5.44. The molecule has 0 unspecified atom stereocenters. The number of carbonyl (C=O) groups excluding carboxylic acids is 1. The molecule has 1 aliphatic rings. The second-order valence-electron chi connectivity index (χ2n) is 9.56. The fourth-order valence-electron chi connectivity index (χ4n) is 3.47. The molecule has 1 aromatic carbocycles. The smallest absolute Gasteiger partial charge is 0.256 e. The van der Waals surface area contributed by atoms with Crippen LogP contribution in [-0.4, -0.2) is 67.1 Å². The third kappa shape index (κ3) is 6.92. The molecule has 168 valence electrons. The van der Waals surface area contributed by atoms with Crippen molar-refractivity contribution in [1.82, 2.24) is 20.2 Å². The molecule has 1 aromatic heterocycles. The van der Waals surface area contributed by atoms with Crippen LogP contribution >= 0.6 is 0 Å². The summed E-state index contributed by atoms with van der Waals surface area (Å²) in [4.78, 5) is 26.2. The van der Waals surface area contributed by atoms with Gasteiger partial charge < -0.3 is 20.4 Å². The molecule has 2 aromatic rings. The van der Waals surface area contributed by atoms with Gasteiger partial charge in [-0.15, -0.1) is 0 Å². The first-order chi connectivity index (χ1) is 14.7. The Morgan fingerprint density at radius 3 is 2.42 bits per heavy atom. The van der Waals surface area contributed by atoms with Crippen LogP contribution in [0.5, 0.6) is 0 Å². The van der Waals surface area contributed by atoms with E-state index >= 15 is 0 Å². The van der Waals surface area contributed by atoms with E-state index in [0.717, 1.165) is 39.1 Å². The van der Waals surface area contributed by atoms with Gasteiger partial charge in [-0.3, -0.25) is 4.79 Å². The minimum atomic E-state index is -0.148. The molecule has 1 fully saturated rings. The lowest BCUT2D eigenvalue weighted by molar-refractivity contribution is 0.0954. The second-order valence-corrected chi connectivity index (χ2v) is 9.56. The first kappa shape index (κ1) is 23.0. The van der Waals surface area contributed by atoms with Crippen molar-refractivity contribution in [1.29, 1.82) is 0 Å². The number of anilines is 2. The number of aromatic nitrogens is 2. The molecule has 0 atom stereocenters. The molecule has 0 radical (unpaired) electrons. The average molecular weight is 425 g/mol. The molecule has 0 saturated carbocycles. The predicted molar refractivity (Wildman–Crippen MR) is 127 cm³/mol. The molecule has 7 heteroatoms. The fourth-order valence-corrected chi connectivity index (χ4v) is 3.47. The summed E-state index contributed by atoms with van der Waals surface area (Å²) >= 11 is 0. The van der Waals surface area contributed by atoms with Crippen molar-refractivity contribution in [3.8, 4) is 0 Å². The predicted octanol–water partition coefficient (Wildman–Crippen LogP) is 2.97. The summed E-state index contributed by atoms with van der Waals surface area (Å²) in [6.07, 6.45) is 2.39. The number of amides is 1. The Kier molecular flexibility index (Phi) is 7.49. The zero-order valence-electron chi connectivity index (χ0n) is 19.5. The van der Waals surface area contributed by atoms with Gasteiger partial charge in [0.15, 0.2) is 0 Å². The molecule has 1 saturated heterocycles. The van der Waals surface area contributed by atoms with Gasteiger partial charge in [0.1, 0.15) is 17.2 Å². The number of nitrogens with one attached hydrogen (secondary N) is 2. The van der Waals surface area contributed by atoms with Gasteiger partial charge in [0, 0.05) is 51.2 Å². The van der Waals surface area contributed by atoms with E-state index in [0.29, 0.717) is 23.8 Å². The Hall–Kier alpha value is -2.67. The highest BCUT2D eigenvalue weighted by Gasteiger charge is 2.17. The zero-order valence-corrected chi connectivity index (χ0v) is 19.5. The Morgan fingerprint density at radius 2 is 1.77 bits per heavy atom. The standard InChI is InChI=1S/C24H36N6O/c1-18-26-16-21(22(28-18)27-17-24(2,3)4)23(31)25-11-10-19-6-8-20(9-7-19)30-14-12-29(5)13-15-30/h6-9,16H,10-15,17H2,1-5H3,(H,25,31)(H,26,27,28). The maximum atomic E-state index is 12.7. The lowest BCUT2D eigenvalue weighted by Gasteiger charge is -2.34. The van der Waals surface area contributed by atoms with Crippen LogP contribution < -0.4 is 15.5 Å². The number of likely N-dealkylation sites (N-methyl/N-ethyl adjacent to an activating group) is 1. The number of carbonyl (C=O) groups is 1. The maximum absolute atomic E-state index is 12.7. The molecule has 31 heavy (non-hydrogen) atoms. The normalized spacial score (nSPS) is 15.1. The number of benzene rings is 1. The van der Waals surface area contributed by atoms with Gasteiger partial charge in [-0.1, -0.05) is 32.9 Å². The Balaban J connectivity index is 1.53. The molecule has 2 heterocycles. The van der Waals surface area contributed by atoms with Crippen LogP contribution in [0, 0.1) is 12.3 Å². The fraction of sp³-hybridized carbons (Fsp3) is 0.542. The van der Waals surface area contributed by atoms with Gasteiger partial charge in [-0.05, 0) is 43.5 Å². The molecular weight excluding hydrogens is 388 g/mol. The molecular formula is C24H36N6O. The van der Waals surface area contributed by atoms with Gasteiger partial charge in [0.25, 0.3) is 5.91 Å². The minimum Gasteiger partial charge on any atom is -0.369 e. The van der Waals surface area contributed by atoms with Crippen LogP contribution in [0.15, 0.2) is 30.5 Å². The van der Waals surface area contributed by atoms with Gasteiger partial charge in [0.2, 0.25) is 0 Å². The van der Waals surface area contributed by atoms with E-state index in [1.807, 2.05) is 6.92 Å². The topological polar surface area (TPSA) is 73.4 Å². The first-order valence-corrected chi connectivity index (χ1v) is 11.1. The average Bonchev–Trinajstić information content (AvgIpc) is 2.73. The Bertz CT molecular complexity index is 867. The summed E-state index contributed by atoms with van der Waals surface area (Å²) in [7, 11) is 2.17. The Morgan fingerprint density at radius 1 is 1.10 bits per heavy atom. The van der Waals surface area contributed by atoms with E-state index in [4.69, 9.17) is 0 Å². The summed E-state index contributed by atoms with van der Waals surface area (Å²) in [5.41, 5.74) is 3.06. The van der Waals surface area contributed by atoms with Crippen molar-refractivity contribution in [2.24, 2.45) is 5.41 Å². The van der Waals surface area contributed by atoms with Crippen LogP contribution in [-0.2, 0) is 6.42 Å². The number of aryl methyl sites for hydroxylation is 1. The third-order valence-corrected chi connectivity index (χ3v) is 5.44. The van der Waals surface area contributed by atoms with Crippen LogP contribution in [0.2, 0.25) is 0 Å². The number of piperazine rings is 1. The zero-order chi connectivity index (χ0) is 22.4. The van der Waals surface area contributed by atoms with E-state index in [-0.39, 0.29) is 11.3 Å². The van der Waals surface area contributed by atoms with E-state index in [1.54, 1.807) is 6.20 Å². The van der Waals surface area contributed by atoms with Gasteiger partial charge in [-0.25, -0.2) is 9.97 Å². The van der Waals surface area contributed by atoms with Gasteiger partial charge >= 0.3 is 0 Å². The number of rotatable bonds is 7. The summed E-state index contributed by atoms with van der Waals surface area (Å²) in [5, 5.41) is 6.32. The molecule has 0 aliphatic carbocycles. The molecule has 0 bridgehead atoms. The van der Waals surface area contributed by atoms with Crippen molar-refractivity contribution in [3.63, 3.8) is 0 Å². The first-order valence-electron chi connectivity index (χ1n) is 11.1. The number of hydrogen-bond acceptors (Lipinski definition) is 6. The SMILES string of the molecule is Cc1ncc(C(=O)NCCc2ccc(N3CCN(C)CC3)cc2)c(NCC(C)(C)C)n1. The summed E-state index contributed by atoms with van der Waals surface area (Å²) in [5.74, 6) is 1.09. The van der Waals surface area contributed by atoms with E-state index in [2.05, 4.69) is 82.5 Å². The summed E-state index contributed by atoms with van der Waals surface area (Å²) < 4.78 is 0. The molecule has 3 rings (SSSR count). The van der Waals surface area contributed by atoms with Crippen LogP contribution in [0.3, 0.4) is 0 Å². The van der Waals surface area contributed by atoms with Crippen LogP contribution in [0.25, 0.3) is 0 Å². The van der Waals surface area contributed by atoms with Crippen molar-refractivity contribution >= 4 is 17.4 Å². The van der Waals surface area contributed by atoms with Crippen LogP contribution in [0.1, 0.15) is 42.5 Å². The maximum Gasteiger partial charge on any atom is 0.256 e. The van der Waals surface area contributed by atoms with E-state index in [1.165, 1.54) is 11.3 Å². The quantitative estimate of drug-likeness (QED) is 0.712. The van der Waals surface area contributed by atoms with Crippen molar-refractivity contribution in [2.45, 2.75) is 34.1 Å². The lowest BCUT2D eigenvalue weighted by atomic mass is 9.97. The monoisotopic (exact) mass is 424 g/mol. The molecule has 1 amide bonds. The molecule has 1 aliphatic heterocycles. The largest absolute Gasteiger partial charge is 0.369 e. The molecule has 0 spiro atoms. The minimum absolute atomic E-state index is 0.0862. The van der Waals surface area contributed by atoms with E-state index in [9.17, 15) is 4.79 Å². The van der Waals surface area contributed by atoms with Gasteiger partial charge in [-0.2, -0.15) is 0 Å². The number of nitrogens with zero attached hydrogens (tertiary/aromatic N) is 4. The Labute approximate surface area is 186 Å². The highest BCUT2D eigenvalue weighted by molar-refractivity contribution is 5.98. The van der Waals surface area contributed by atoms with E-state index < -0.39 is 0 Å². The second kappa shape index (κ2) is 10.1. The number of hydrogen-bond donors (Lipinski definition) is 2. The highest BCUT2D eigenvalue weighted by Crippen LogP contribution is 2.18. The summed E-state index contributed by atoms with van der Waals surface area (Å²) in [6, 6.07) is 8.69. The molecule has 2 N–H and O–H groups in total. The molecule has 7 nitrogen and oxygen atoms in total. The summed E-state index contributed by atoms with van der Waals surface area (Å²) in [6.45, 7) is 13.9. The van der Waals surface area contributed by atoms with Crippen molar-refractivity contribution < 1.29 is 4.79 Å². The highest BCUT2D eigenvalue weighted by atomic mass is 16.1. The van der Waals surface area contributed by atoms with Crippen molar-refractivity contribution in [2.75, 3.05) is 56.5 Å². The van der Waals surface area contributed by atoms with Crippen molar-refractivity contribution in [3.05, 3.63) is 47.4 Å².